The molecule has 114 valence electrons. The lowest BCUT2D eigenvalue weighted by molar-refractivity contribution is 0.174. The topological polar surface area (TPSA) is 59.3 Å². The first-order chi connectivity index (χ1) is 10.1. The lowest BCUT2D eigenvalue weighted by atomic mass is 10.2. The third kappa shape index (κ3) is 3.93. The van der Waals surface area contributed by atoms with Crippen molar-refractivity contribution in [1.29, 1.82) is 0 Å². The Balaban J connectivity index is 1.94. The van der Waals surface area contributed by atoms with Gasteiger partial charge in [-0.2, -0.15) is 16.4 Å². The standard InChI is InChI=1S/C15H21N3O2S/c1-4-6-20-15-13(11(2)17-18(15)3)8-16-9-14(19)12-5-7-21-10-12/h4-5,7,10,14,16,19H,1,6,8-9H2,2-3H3. The lowest BCUT2D eigenvalue weighted by Crippen LogP contribution is -2.21. The molecule has 2 N–H and O–H groups in total. The smallest absolute Gasteiger partial charge is 0.216 e. The SMILES string of the molecule is C=CCOc1c(CNCC(O)c2ccsc2)c(C)nn1C. The fourth-order valence-electron chi connectivity index (χ4n) is 2.12. The number of aliphatic hydroxyl groups excluding tert-OH is 1. The summed E-state index contributed by atoms with van der Waals surface area (Å²) in [6.45, 7) is 7.15. The van der Waals surface area contributed by atoms with Gasteiger partial charge in [-0.1, -0.05) is 12.7 Å². The molecule has 0 radical (unpaired) electrons. The molecule has 0 saturated carbocycles. The van der Waals surface area contributed by atoms with Crippen LogP contribution in [0.15, 0.2) is 29.5 Å². The van der Waals surface area contributed by atoms with Crippen LogP contribution in [0.4, 0.5) is 0 Å². The maximum atomic E-state index is 10.1. The summed E-state index contributed by atoms with van der Waals surface area (Å²) in [5.74, 6) is 0.741. The zero-order chi connectivity index (χ0) is 15.2. The summed E-state index contributed by atoms with van der Waals surface area (Å²) in [5, 5.41) is 21.6. The van der Waals surface area contributed by atoms with Gasteiger partial charge in [-0.05, 0) is 29.3 Å². The lowest BCUT2D eigenvalue weighted by Gasteiger charge is -2.11. The molecule has 0 amide bonds. The molecule has 0 spiro atoms. The largest absolute Gasteiger partial charge is 0.473 e. The molecule has 6 heteroatoms. The van der Waals surface area contributed by atoms with Gasteiger partial charge in [0.2, 0.25) is 5.88 Å². The Labute approximate surface area is 128 Å². The highest BCUT2D eigenvalue weighted by Crippen LogP contribution is 2.21. The van der Waals surface area contributed by atoms with E-state index in [9.17, 15) is 5.11 Å². The fourth-order valence-corrected chi connectivity index (χ4v) is 2.83. The van der Waals surface area contributed by atoms with Gasteiger partial charge in [-0.15, -0.1) is 0 Å². The first-order valence-corrected chi connectivity index (χ1v) is 7.74. The summed E-state index contributed by atoms with van der Waals surface area (Å²) in [7, 11) is 1.86. The third-order valence-electron chi connectivity index (χ3n) is 3.19. The molecule has 0 fully saturated rings. The number of nitrogens with one attached hydrogen (secondary N) is 1. The van der Waals surface area contributed by atoms with Crippen molar-refractivity contribution in [3.8, 4) is 5.88 Å². The molecule has 21 heavy (non-hydrogen) atoms. The van der Waals surface area contributed by atoms with Crippen LogP contribution in [-0.2, 0) is 13.6 Å². The number of rotatable bonds is 8. The maximum absolute atomic E-state index is 10.1. The van der Waals surface area contributed by atoms with E-state index in [1.165, 1.54) is 0 Å². The van der Waals surface area contributed by atoms with Crippen LogP contribution < -0.4 is 10.1 Å². The Hall–Kier alpha value is -1.63. The van der Waals surface area contributed by atoms with E-state index >= 15 is 0 Å². The minimum absolute atomic E-state index is 0.448. The van der Waals surface area contributed by atoms with Crippen molar-refractivity contribution in [2.75, 3.05) is 13.2 Å². The highest BCUT2D eigenvalue weighted by Gasteiger charge is 2.15. The first kappa shape index (κ1) is 15.8. The van der Waals surface area contributed by atoms with Gasteiger partial charge in [0.1, 0.15) is 6.61 Å². The number of nitrogens with zero attached hydrogens (tertiary/aromatic N) is 2. The molecule has 2 rings (SSSR count). The molecule has 0 aliphatic heterocycles. The minimum atomic E-state index is -0.495. The van der Waals surface area contributed by atoms with Gasteiger partial charge in [-0.25, -0.2) is 4.68 Å². The molecule has 1 atom stereocenters. The number of aromatic nitrogens is 2. The van der Waals surface area contributed by atoms with E-state index in [2.05, 4.69) is 17.0 Å². The number of thiophene rings is 1. The van der Waals surface area contributed by atoms with Gasteiger partial charge in [0.15, 0.2) is 0 Å². The van der Waals surface area contributed by atoms with Crippen LogP contribution in [-0.4, -0.2) is 28.0 Å². The number of hydrogen-bond donors (Lipinski definition) is 2. The molecule has 0 aliphatic carbocycles. The van der Waals surface area contributed by atoms with E-state index in [1.54, 1.807) is 22.1 Å². The normalized spacial score (nSPS) is 12.3. The molecule has 0 aromatic carbocycles. The van der Waals surface area contributed by atoms with Crippen LogP contribution in [0.3, 0.4) is 0 Å². The van der Waals surface area contributed by atoms with Crippen LogP contribution in [0.2, 0.25) is 0 Å². The van der Waals surface area contributed by atoms with E-state index in [0.29, 0.717) is 19.7 Å². The van der Waals surface area contributed by atoms with Crippen molar-refractivity contribution in [2.45, 2.75) is 19.6 Å². The van der Waals surface area contributed by atoms with E-state index in [0.717, 1.165) is 22.7 Å². The number of aryl methyl sites for hydroxylation is 2. The highest BCUT2D eigenvalue weighted by atomic mass is 32.1. The highest BCUT2D eigenvalue weighted by molar-refractivity contribution is 7.07. The van der Waals surface area contributed by atoms with E-state index < -0.39 is 6.10 Å². The molecule has 2 aromatic rings. The van der Waals surface area contributed by atoms with Crippen LogP contribution in [0.1, 0.15) is 22.9 Å². The van der Waals surface area contributed by atoms with Crippen molar-refractivity contribution in [3.63, 3.8) is 0 Å². The van der Waals surface area contributed by atoms with Crippen LogP contribution in [0, 0.1) is 6.92 Å². The summed E-state index contributed by atoms with van der Waals surface area (Å²) in [6.07, 6.45) is 1.21. The van der Waals surface area contributed by atoms with E-state index in [1.807, 2.05) is 30.8 Å². The predicted octanol–water partition coefficient (Wildman–Crippen LogP) is 2.18. The second kappa shape index (κ2) is 7.40. The average molecular weight is 307 g/mol. The zero-order valence-electron chi connectivity index (χ0n) is 12.4. The second-order valence-corrected chi connectivity index (χ2v) is 5.58. The van der Waals surface area contributed by atoms with Crippen molar-refractivity contribution in [2.24, 2.45) is 7.05 Å². The quantitative estimate of drug-likeness (QED) is 0.734. The van der Waals surface area contributed by atoms with Crippen molar-refractivity contribution < 1.29 is 9.84 Å². The van der Waals surface area contributed by atoms with Crippen molar-refractivity contribution >= 4 is 11.3 Å². The van der Waals surface area contributed by atoms with Crippen molar-refractivity contribution in [1.82, 2.24) is 15.1 Å². The molecule has 2 heterocycles. The Kier molecular flexibility index (Phi) is 5.55. The Morgan fingerprint density at radius 1 is 1.62 bits per heavy atom. The average Bonchev–Trinajstić information content (AvgIpc) is 3.06. The Morgan fingerprint density at radius 2 is 2.43 bits per heavy atom. The predicted molar refractivity (Wildman–Crippen MR) is 84.6 cm³/mol. The van der Waals surface area contributed by atoms with Crippen LogP contribution in [0.25, 0.3) is 0 Å². The van der Waals surface area contributed by atoms with Crippen molar-refractivity contribution in [3.05, 3.63) is 46.3 Å². The molecular formula is C15H21N3O2S. The summed E-state index contributed by atoms with van der Waals surface area (Å²) in [6, 6.07) is 1.94. The molecule has 5 nitrogen and oxygen atoms in total. The van der Waals surface area contributed by atoms with Crippen LogP contribution >= 0.6 is 11.3 Å². The van der Waals surface area contributed by atoms with E-state index in [4.69, 9.17) is 4.74 Å². The Morgan fingerprint density at radius 3 is 3.10 bits per heavy atom. The van der Waals surface area contributed by atoms with Crippen LogP contribution in [0.5, 0.6) is 5.88 Å². The number of ether oxygens (including phenoxy) is 1. The molecule has 0 saturated heterocycles. The summed E-state index contributed by atoms with van der Waals surface area (Å²) >= 11 is 1.58. The zero-order valence-corrected chi connectivity index (χ0v) is 13.2. The fraction of sp³-hybridized carbons (Fsp3) is 0.400. The molecule has 0 bridgehead atoms. The molecule has 1 unspecified atom stereocenters. The monoisotopic (exact) mass is 307 g/mol. The summed E-state index contributed by atoms with van der Waals surface area (Å²) in [5.41, 5.74) is 2.88. The third-order valence-corrected chi connectivity index (χ3v) is 3.90. The van der Waals surface area contributed by atoms with Gasteiger partial charge in [0, 0.05) is 20.1 Å². The van der Waals surface area contributed by atoms with Gasteiger partial charge >= 0.3 is 0 Å². The maximum Gasteiger partial charge on any atom is 0.216 e. The number of hydrogen-bond acceptors (Lipinski definition) is 5. The van der Waals surface area contributed by atoms with Gasteiger partial charge in [0.25, 0.3) is 0 Å². The second-order valence-electron chi connectivity index (χ2n) is 4.80. The first-order valence-electron chi connectivity index (χ1n) is 6.80. The van der Waals surface area contributed by atoms with E-state index in [-0.39, 0.29) is 0 Å². The van der Waals surface area contributed by atoms with Gasteiger partial charge < -0.3 is 15.2 Å². The summed E-state index contributed by atoms with van der Waals surface area (Å²) in [4.78, 5) is 0. The Bertz CT molecular complexity index is 578. The molecule has 2 aromatic heterocycles. The summed E-state index contributed by atoms with van der Waals surface area (Å²) < 4.78 is 7.38. The number of aliphatic hydroxyl groups is 1. The molecular weight excluding hydrogens is 286 g/mol. The molecule has 0 aliphatic rings. The van der Waals surface area contributed by atoms with Gasteiger partial charge in [-0.3, -0.25) is 0 Å². The minimum Gasteiger partial charge on any atom is -0.473 e. The van der Waals surface area contributed by atoms with Gasteiger partial charge in [0.05, 0.1) is 17.4 Å².